The number of nitrogens with zero attached hydrogens (tertiary/aromatic N) is 3. The van der Waals surface area contributed by atoms with Gasteiger partial charge in [-0.3, -0.25) is 14.7 Å². The third-order valence-corrected chi connectivity index (χ3v) is 5.78. The summed E-state index contributed by atoms with van der Waals surface area (Å²) >= 11 is 6.22. The van der Waals surface area contributed by atoms with Crippen LogP contribution in [-0.2, 0) is 9.53 Å². The van der Waals surface area contributed by atoms with Crippen molar-refractivity contribution in [1.82, 2.24) is 20.4 Å². The van der Waals surface area contributed by atoms with Crippen LogP contribution in [0.25, 0.3) is 0 Å². The van der Waals surface area contributed by atoms with Gasteiger partial charge in [-0.05, 0) is 25.5 Å². The van der Waals surface area contributed by atoms with Crippen molar-refractivity contribution in [3.8, 4) is 0 Å². The van der Waals surface area contributed by atoms with E-state index in [1.165, 1.54) is 6.07 Å². The lowest BCUT2D eigenvalue weighted by Crippen LogP contribution is -2.54. The highest BCUT2D eigenvalue weighted by molar-refractivity contribution is 6.31. The molecule has 2 atom stereocenters. The number of hydrogen-bond donors (Lipinski definition) is 2. The van der Waals surface area contributed by atoms with Gasteiger partial charge >= 0.3 is 0 Å². The molecular weight excluding hydrogens is 409 g/mol. The molecule has 0 spiro atoms. The van der Waals surface area contributed by atoms with E-state index in [4.69, 9.17) is 16.3 Å². The predicted octanol–water partition coefficient (Wildman–Crippen LogP) is 1.68. The Kier molecular flexibility index (Phi) is 8.30. The van der Waals surface area contributed by atoms with E-state index in [2.05, 4.69) is 25.4 Å². The van der Waals surface area contributed by atoms with Crippen molar-refractivity contribution in [3.05, 3.63) is 34.6 Å². The molecule has 1 aromatic carbocycles. The Bertz CT molecular complexity index is 735. The molecule has 1 aliphatic heterocycles. The summed E-state index contributed by atoms with van der Waals surface area (Å²) in [5.74, 6) is 0.686. The van der Waals surface area contributed by atoms with Crippen LogP contribution in [0.4, 0.5) is 4.39 Å². The minimum absolute atomic E-state index is 0.0173. The third-order valence-electron chi connectivity index (χ3n) is 5.45. The monoisotopic (exact) mass is 439 g/mol. The highest BCUT2D eigenvalue weighted by atomic mass is 35.5. The molecule has 1 heterocycles. The fourth-order valence-electron chi connectivity index (χ4n) is 3.76. The molecule has 1 amide bonds. The minimum Gasteiger partial charge on any atom is -0.383 e. The van der Waals surface area contributed by atoms with Crippen LogP contribution in [0.1, 0.15) is 24.8 Å². The summed E-state index contributed by atoms with van der Waals surface area (Å²) < 4.78 is 19.1. The van der Waals surface area contributed by atoms with Crippen LogP contribution in [0.15, 0.2) is 23.2 Å². The molecule has 30 heavy (non-hydrogen) atoms. The molecule has 2 N–H and O–H groups in total. The van der Waals surface area contributed by atoms with Gasteiger partial charge in [-0.25, -0.2) is 4.39 Å². The van der Waals surface area contributed by atoms with Gasteiger partial charge in [-0.2, -0.15) is 0 Å². The second kappa shape index (κ2) is 10.9. The first-order valence-corrected chi connectivity index (χ1v) is 10.9. The number of carbonyl (C=O) groups excluding carboxylic acids is 1. The van der Waals surface area contributed by atoms with Crippen molar-refractivity contribution < 1.29 is 13.9 Å². The van der Waals surface area contributed by atoms with Gasteiger partial charge in [0.1, 0.15) is 5.82 Å². The molecule has 0 bridgehead atoms. The maximum absolute atomic E-state index is 14.2. The molecule has 9 heteroatoms. The van der Waals surface area contributed by atoms with Gasteiger partial charge in [0.2, 0.25) is 5.91 Å². The third kappa shape index (κ3) is 6.06. The number of guanidine groups is 1. The molecule has 1 aliphatic carbocycles. The summed E-state index contributed by atoms with van der Waals surface area (Å²) in [6, 6.07) is 4.96. The number of ether oxygens (including phenoxy) is 1. The summed E-state index contributed by atoms with van der Waals surface area (Å²) in [4.78, 5) is 21.0. The smallest absolute Gasteiger partial charge is 0.234 e. The molecule has 0 radical (unpaired) electrons. The second-order valence-corrected chi connectivity index (χ2v) is 8.04. The summed E-state index contributed by atoms with van der Waals surface area (Å²) in [6.45, 7) is 7.25. The Morgan fingerprint density at radius 1 is 1.33 bits per heavy atom. The first-order valence-electron chi connectivity index (χ1n) is 10.5. The topological polar surface area (TPSA) is 69.2 Å². The van der Waals surface area contributed by atoms with Crippen LogP contribution in [0, 0.1) is 5.82 Å². The Morgan fingerprint density at radius 3 is 2.77 bits per heavy atom. The van der Waals surface area contributed by atoms with Gasteiger partial charge in [0.15, 0.2) is 5.96 Å². The van der Waals surface area contributed by atoms with Crippen molar-refractivity contribution >= 4 is 23.5 Å². The van der Waals surface area contributed by atoms with E-state index in [9.17, 15) is 9.18 Å². The van der Waals surface area contributed by atoms with Gasteiger partial charge < -0.3 is 20.3 Å². The Balaban J connectivity index is 1.49. The van der Waals surface area contributed by atoms with Crippen molar-refractivity contribution in [2.24, 2.45) is 4.99 Å². The van der Waals surface area contributed by atoms with Crippen molar-refractivity contribution in [2.75, 3.05) is 59.5 Å². The van der Waals surface area contributed by atoms with Crippen molar-refractivity contribution in [2.45, 2.75) is 25.3 Å². The van der Waals surface area contributed by atoms with Crippen molar-refractivity contribution in [1.29, 1.82) is 0 Å². The van der Waals surface area contributed by atoms with E-state index in [-0.39, 0.29) is 23.7 Å². The number of carbonyl (C=O) groups is 1. The normalized spacial score (nSPS) is 22.1. The average Bonchev–Trinajstić information content (AvgIpc) is 3.47. The Morgan fingerprint density at radius 2 is 2.10 bits per heavy atom. The van der Waals surface area contributed by atoms with Gasteiger partial charge in [0.05, 0.1) is 13.2 Å². The van der Waals surface area contributed by atoms with E-state index in [0.29, 0.717) is 36.8 Å². The lowest BCUT2D eigenvalue weighted by Gasteiger charge is -2.36. The highest BCUT2D eigenvalue weighted by Gasteiger charge is 2.42. The molecule has 2 aliphatic rings. The van der Waals surface area contributed by atoms with E-state index >= 15 is 0 Å². The van der Waals surface area contributed by atoms with Crippen LogP contribution >= 0.6 is 11.6 Å². The molecule has 166 valence electrons. The van der Waals surface area contributed by atoms with Crippen LogP contribution < -0.4 is 10.6 Å². The van der Waals surface area contributed by atoms with Crippen LogP contribution in [0.3, 0.4) is 0 Å². The summed E-state index contributed by atoms with van der Waals surface area (Å²) in [5, 5.41) is 6.83. The van der Waals surface area contributed by atoms with Crippen LogP contribution in [0.5, 0.6) is 0 Å². The van der Waals surface area contributed by atoms with Crippen LogP contribution in [0.2, 0.25) is 5.02 Å². The first kappa shape index (κ1) is 22.8. The van der Waals surface area contributed by atoms with Gasteiger partial charge in [-0.1, -0.05) is 17.7 Å². The quantitative estimate of drug-likeness (QED) is 0.366. The summed E-state index contributed by atoms with van der Waals surface area (Å²) in [5.41, 5.74) is 0.594. The lowest BCUT2D eigenvalue weighted by atomic mass is 10.1. The highest BCUT2D eigenvalue weighted by Crippen LogP contribution is 2.45. The second-order valence-electron chi connectivity index (χ2n) is 7.63. The zero-order chi connectivity index (χ0) is 21.5. The Hall–Kier alpha value is -1.90. The van der Waals surface area contributed by atoms with Gasteiger partial charge in [0, 0.05) is 68.9 Å². The maximum atomic E-state index is 14.2. The molecular formula is C21H31ClFN5O2. The standard InChI is InChI=1S/C21H31ClFN5O2/c1-3-24-21(26-18-13-15(18)20-16(22)5-4-6-17(20)23)28-10-8-27(9-11-28)14-19(29)25-7-12-30-2/h4-6,15,18H,3,7-14H2,1-2H3,(H,24,26)(H,25,29). The zero-order valence-electron chi connectivity index (χ0n) is 17.7. The number of amides is 1. The fourth-order valence-corrected chi connectivity index (χ4v) is 4.06. The molecule has 1 aromatic rings. The van der Waals surface area contributed by atoms with Gasteiger partial charge in [0.25, 0.3) is 0 Å². The lowest BCUT2D eigenvalue weighted by molar-refractivity contribution is -0.122. The molecule has 0 aromatic heterocycles. The van der Waals surface area contributed by atoms with Crippen molar-refractivity contribution in [3.63, 3.8) is 0 Å². The largest absolute Gasteiger partial charge is 0.383 e. The Labute approximate surface area is 182 Å². The molecule has 3 rings (SSSR count). The molecule has 2 unspecified atom stereocenters. The molecule has 2 fully saturated rings. The molecule has 1 saturated heterocycles. The summed E-state index contributed by atoms with van der Waals surface area (Å²) in [7, 11) is 1.61. The SMILES string of the molecule is CCN=C(NC1CC1c1c(F)cccc1Cl)N1CCN(CC(=O)NCCOC)CC1. The number of hydrogen-bond acceptors (Lipinski definition) is 4. The maximum Gasteiger partial charge on any atom is 0.234 e. The van der Waals surface area contributed by atoms with Gasteiger partial charge in [-0.15, -0.1) is 0 Å². The van der Waals surface area contributed by atoms with E-state index in [1.807, 2.05) is 6.92 Å². The fraction of sp³-hybridized carbons (Fsp3) is 0.619. The molecule has 7 nitrogen and oxygen atoms in total. The van der Waals surface area contributed by atoms with E-state index in [0.717, 1.165) is 38.6 Å². The first-order chi connectivity index (χ1) is 14.5. The number of halogens is 2. The average molecular weight is 440 g/mol. The number of piperazine rings is 1. The number of methoxy groups -OCH3 is 1. The number of rotatable bonds is 8. The van der Waals surface area contributed by atoms with Crippen LogP contribution in [-0.4, -0.2) is 87.2 Å². The minimum atomic E-state index is -0.247. The number of aliphatic imine (C=N–C) groups is 1. The molecule has 1 saturated carbocycles. The number of nitrogens with one attached hydrogen (secondary N) is 2. The van der Waals surface area contributed by atoms with E-state index < -0.39 is 0 Å². The summed E-state index contributed by atoms with van der Waals surface area (Å²) in [6.07, 6.45) is 0.838. The predicted molar refractivity (Wildman–Crippen MR) is 117 cm³/mol. The zero-order valence-corrected chi connectivity index (χ0v) is 18.4. The number of benzene rings is 1. The van der Waals surface area contributed by atoms with E-state index in [1.54, 1.807) is 19.2 Å².